The maximum Gasteiger partial charge on any atom is 0.321 e. The van der Waals surface area contributed by atoms with Crippen LogP contribution in [0, 0.1) is 0 Å². The zero-order valence-electron chi connectivity index (χ0n) is 17.3. The predicted molar refractivity (Wildman–Crippen MR) is 110 cm³/mol. The van der Waals surface area contributed by atoms with Gasteiger partial charge in [-0.2, -0.15) is 0 Å². The van der Waals surface area contributed by atoms with Gasteiger partial charge in [0.2, 0.25) is 0 Å². The van der Waals surface area contributed by atoms with Crippen LogP contribution in [0.4, 0.5) is 10.5 Å². The maximum atomic E-state index is 12.5. The number of anilines is 1. The molecule has 0 radical (unpaired) electrons. The predicted octanol–water partition coefficient (Wildman–Crippen LogP) is 1.68. The Hall–Kier alpha value is -1.87. The number of ether oxygens (including phenoxy) is 3. The van der Waals surface area contributed by atoms with Crippen molar-refractivity contribution in [2.24, 2.45) is 0 Å². The van der Waals surface area contributed by atoms with E-state index in [0.29, 0.717) is 32.9 Å². The van der Waals surface area contributed by atoms with E-state index in [0.717, 1.165) is 57.0 Å². The second kappa shape index (κ2) is 9.30. The Balaban J connectivity index is 1.18. The molecule has 1 aromatic rings. The Morgan fingerprint density at radius 3 is 2.34 bits per heavy atom. The van der Waals surface area contributed by atoms with Gasteiger partial charge < -0.3 is 29.3 Å². The third kappa shape index (κ3) is 5.39. The van der Waals surface area contributed by atoms with Gasteiger partial charge in [0, 0.05) is 64.3 Å². The Labute approximate surface area is 172 Å². The lowest BCUT2D eigenvalue weighted by Crippen LogP contribution is -2.48. The molecule has 0 unspecified atom stereocenters. The highest BCUT2D eigenvalue weighted by Crippen LogP contribution is 2.31. The van der Waals surface area contributed by atoms with Gasteiger partial charge in [-0.05, 0) is 31.3 Å². The summed E-state index contributed by atoms with van der Waals surface area (Å²) >= 11 is 0. The minimum atomic E-state index is -0.458. The van der Waals surface area contributed by atoms with Crippen LogP contribution < -0.4 is 10.1 Å². The summed E-state index contributed by atoms with van der Waals surface area (Å²) in [4.78, 5) is 19.1. The number of benzene rings is 1. The SMILES string of the molecule is CN1CCN(CCOc2ccc(NC(=O)N3CCC4(CC3)OCCO4)cc2)CC1. The lowest BCUT2D eigenvalue weighted by molar-refractivity contribution is -0.181. The summed E-state index contributed by atoms with van der Waals surface area (Å²) in [5.41, 5.74) is 0.773. The van der Waals surface area contributed by atoms with Gasteiger partial charge in [0.1, 0.15) is 12.4 Å². The van der Waals surface area contributed by atoms with Gasteiger partial charge in [-0.15, -0.1) is 0 Å². The summed E-state index contributed by atoms with van der Waals surface area (Å²) in [5.74, 6) is 0.368. The topological polar surface area (TPSA) is 66.5 Å². The second-order valence-corrected chi connectivity index (χ2v) is 8.04. The van der Waals surface area contributed by atoms with E-state index in [1.54, 1.807) is 0 Å². The van der Waals surface area contributed by atoms with Crippen LogP contribution in [0.2, 0.25) is 0 Å². The van der Waals surface area contributed by atoms with Crippen molar-refractivity contribution in [1.29, 1.82) is 0 Å². The Bertz CT molecular complexity index is 660. The number of rotatable bonds is 5. The van der Waals surface area contributed by atoms with Crippen molar-refractivity contribution in [3.8, 4) is 5.75 Å². The van der Waals surface area contributed by atoms with E-state index in [4.69, 9.17) is 14.2 Å². The Kier molecular flexibility index (Phi) is 6.54. The molecule has 2 amide bonds. The molecule has 4 rings (SSSR count). The fourth-order valence-corrected chi connectivity index (χ4v) is 4.04. The largest absolute Gasteiger partial charge is 0.492 e. The van der Waals surface area contributed by atoms with Crippen molar-refractivity contribution in [3.05, 3.63) is 24.3 Å². The first-order valence-corrected chi connectivity index (χ1v) is 10.6. The molecular weight excluding hydrogens is 372 g/mol. The molecule has 3 aliphatic heterocycles. The zero-order chi connectivity index (χ0) is 20.1. The smallest absolute Gasteiger partial charge is 0.321 e. The molecule has 160 valence electrons. The number of carbonyl (C=O) groups is 1. The van der Waals surface area contributed by atoms with Gasteiger partial charge in [-0.25, -0.2) is 4.79 Å². The molecule has 0 bridgehead atoms. The van der Waals surface area contributed by atoms with E-state index in [-0.39, 0.29) is 6.03 Å². The average molecular weight is 405 g/mol. The molecule has 0 atom stereocenters. The minimum Gasteiger partial charge on any atom is -0.492 e. The molecule has 3 heterocycles. The van der Waals surface area contributed by atoms with Crippen LogP contribution in [0.15, 0.2) is 24.3 Å². The number of likely N-dealkylation sites (N-methyl/N-ethyl adjacent to an activating group) is 1. The lowest BCUT2D eigenvalue weighted by Gasteiger charge is -2.37. The van der Waals surface area contributed by atoms with Gasteiger partial charge in [0.25, 0.3) is 0 Å². The summed E-state index contributed by atoms with van der Waals surface area (Å²) in [6, 6.07) is 7.51. The fourth-order valence-electron chi connectivity index (χ4n) is 4.04. The molecule has 1 aromatic carbocycles. The first-order valence-electron chi connectivity index (χ1n) is 10.6. The lowest BCUT2D eigenvalue weighted by atomic mass is 10.0. The van der Waals surface area contributed by atoms with Crippen molar-refractivity contribution >= 4 is 11.7 Å². The van der Waals surface area contributed by atoms with Gasteiger partial charge >= 0.3 is 6.03 Å². The highest BCUT2D eigenvalue weighted by molar-refractivity contribution is 5.89. The first kappa shape index (κ1) is 20.4. The average Bonchev–Trinajstić information content (AvgIpc) is 3.19. The van der Waals surface area contributed by atoms with E-state index in [9.17, 15) is 4.79 Å². The van der Waals surface area contributed by atoms with Crippen molar-refractivity contribution in [2.75, 3.05) is 78.0 Å². The summed E-state index contributed by atoms with van der Waals surface area (Å²) in [6.45, 7) is 8.62. The molecule has 1 N–H and O–H groups in total. The molecule has 8 nitrogen and oxygen atoms in total. The van der Waals surface area contributed by atoms with E-state index < -0.39 is 5.79 Å². The van der Waals surface area contributed by atoms with Crippen LogP contribution in [-0.2, 0) is 9.47 Å². The molecular formula is C21H32N4O4. The summed E-state index contributed by atoms with van der Waals surface area (Å²) < 4.78 is 17.3. The highest BCUT2D eigenvalue weighted by atomic mass is 16.7. The number of urea groups is 1. The van der Waals surface area contributed by atoms with Gasteiger partial charge in [0.05, 0.1) is 13.2 Å². The monoisotopic (exact) mass is 404 g/mol. The summed E-state index contributed by atoms with van der Waals surface area (Å²) in [5, 5.41) is 2.97. The number of piperazine rings is 1. The van der Waals surface area contributed by atoms with Crippen LogP contribution in [0.5, 0.6) is 5.75 Å². The number of piperidine rings is 1. The molecule has 8 heteroatoms. The number of hydrogen-bond acceptors (Lipinski definition) is 6. The highest BCUT2D eigenvalue weighted by Gasteiger charge is 2.40. The molecule has 3 fully saturated rings. The van der Waals surface area contributed by atoms with Crippen molar-refractivity contribution in [2.45, 2.75) is 18.6 Å². The summed E-state index contributed by atoms with van der Waals surface area (Å²) in [7, 11) is 2.16. The zero-order valence-corrected chi connectivity index (χ0v) is 17.3. The molecule has 0 saturated carbocycles. The standard InChI is InChI=1S/C21H32N4O4/c1-23-10-12-24(13-11-23)14-15-27-19-4-2-18(3-5-19)22-20(26)25-8-6-21(7-9-25)28-16-17-29-21/h2-5H,6-17H2,1H3,(H,22,26). The maximum absolute atomic E-state index is 12.5. The van der Waals surface area contributed by atoms with Crippen LogP contribution in [0.1, 0.15) is 12.8 Å². The number of nitrogens with one attached hydrogen (secondary N) is 1. The minimum absolute atomic E-state index is 0.0819. The van der Waals surface area contributed by atoms with Crippen molar-refractivity contribution in [1.82, 2.24) is 14.7 Å². The molecule has 3 saturated heterocycles. The normalized spacial score (nSPS) is 22.7. The molecule has 29 heavy (non-hydrogen) atoms. The van der Waals surface area contributed by atoms with Gasteiger partial charge in [-0.1, -0.05) is 0 Å². The summed E-state index contributed by atoms with van der Waals surface area (Å²) in [6.07, 6.45) is 1.45. The quantitative estimate of drug-likeness (QED) is 0.806. The number of likely N-dealkylation sites (tertiary alicyclic amines) is 1. The van der Waals surface area contributed by atoms with E-state index in [2.05, 4.69) is 22.2 Å². The molecule has 0 aliphatic carbocycles. The van der Waals surface area contributed by atoms with Crippen molar-refractivity contribution < 1.29 is 19.0 Å². The van der Waals surface area contributed by atoms with Crippen LogP contribution in [0.25, 0.3) is 0 Å². The van der Waals surface area contributed by atoms with Crippen molar-refractivity contribution in [3.63, 3.8) is 0 Å². The fraction of sp³-hybridized carbons (Fsp3) is 0.667. The Morgan fingerprint density at radius 1 is 1.03 bits per heavy atom. The molecule has 0 aromatic heterocycles. The first-order chi connectivity index (χ1) is 14.1. The van der Waals surface area contributed by atoms with E-state index >= 15 is 0 Å². The number of hydrogen-bond donors (Lipinski definition) is 1. The van der Waals surface area contributed by atoms with E-state index in [1.165, 1.54) is 0 Å². The van der Waals surface area contributed by atoms with Crippen LogP contribution in [0.3, 0.4) is 0 Å². The number of nitrogens with zero attached hydrogens (tertiary/aromatic N) is 3. The van der Waals surface area contributed by atoms with Crippen LogP contribution in [-0.4, -0.2) is 99.2 Å². The van der Waals surface area contributed by atoms with Gasteiger partial charge in [0.15, 0.2) is 5.79 Å². The molecule has 1 spiro atoms. The van der Waals surface area contributed by atoms with Gasteiger partial charge in [-0.3, -0.25) is 4.90 Å². The van der Waals surface area contributed by atoms with E-state index in [1.807, 2.05) is 29.2 Å². The number of carbonyl (C=O) groups excluding carboxylic acids is 1. The third-order valence-electron chi connectivity index (χ3n) is 6.00. The van der Waals surface area contributed by atoms with Crippen LogP contribution >= 0.6 is 0 Å². The second-order valence-electron chi connectivity index (χ2n) is 8.04. The third-order valence-corrected chi connectivity index (χ3v) is 6.00. The molecule has 3 aliphatic rings. The number of amides is 2. The Morgan fingerprint density at radius 2 is 1.69 bits per heavy atom.